The molecule has 2 aliphatic rings. The van der Waals surface area contributed by atoms with E-state index in [-0.39, 0.29) is 24.5 Å². The van der Waals surface area contributed by atoms with Crippen LogP contribution in [0.1, 0.15) is 31.2 Å². The Balaban J connectivity index is 1.48. The zero-order valence-corrected chi connectivity index (χ0v) is 23.0. The molecule has 6 rings (SSSR count). The van der Waals surface area contributed by atoms with Crippen LogP contribution >= 0.6 is 34.5 Å². The van der Waals surface area contributed by atoms with Gasteiger partial charge in [0.2, 0.25) is 6.79 Å². The number of benzene rings is 2. The average molecular weight is 583 g/mol. The van der Waals surface area contributed by atoms with Crippen LogP contribution in [0.15, 0.2) is 74.0 Å². The number of ether oxygens (including phenoxy) is 3. The Morgan fingerprint density at radius 3 is 2.77 bits per heavy atom. The molecule has 11 heteroatoms. The van der Waals surface area contributed by atoms with Gasteiger partial charge in [-0.05, 0) is 61.9 Å². The van der Waals surface area contributed by atoms with E-state index in [1.807, 2.05) is 6.07 Å². The van der Waals surface area contributed by atoms with Crippen molar-refractivity contribution in [3.8, 4) is 22.8 Å². The van der Waals surface area contributed by atoms with E-state index in [9.17, 15) is 9.59 Å². The molecule has 1 unspecified atom stereocenters. The summed E-state index contributed by atoms with van der Waals surface area (Å²) in [6.07, 6.45) is 1.65. The van der Waals surface area contributed by atoms with Crippen molar-refractivity contribution in [2.24, 2.45) is 4.99 Å². The van der Waals surface area contributed by atoms with Crippen molar-refractivity contribution in [2.45, 2.75) is 19.9 Å². The summed E-state index contributed by atoms with van der Waals surface area (Å²) < 4.78 is 24.2. The van der Waals surface area contributed by atoms with Crippen LogP contribution in [0.3, 0.4) is 0 Å². The van der Waals surface area contributed by atoms with Gasteiger partial charge >= 0.3 is 5.97 Å². The van der Waals surface area contributed by atoms with E-state index in [0.717, 1.165) is 0 Å². The minimum Gasteiger partial charge on any atom is -0.463 e. The molecule has 0 saturated heterocycles. The fraction of sp³-hybridized carbons (Fsp3) is 0.179. The Kier molecular flexibility index (Phi) is 6.58. The second-order valence-corrected chi connectivity index (χ2v) is 10.6. The second kappa shape index (κ2) is 10.1. The molecule has 2 aromatic carbocycles. The van der Waals surface area contributed by atoms with E-state index in [4.69, 9.17) is 41.8 Å². The quantitative estimate of drug-likeness (QED) is 0.304. The van der Waals surface area contributed by atoms with Crippen molar-refractivity contribution in [3.05, 3.63) is 101 Å². The van der Waals surface area contributed by atoms with E-state index >= 15 is 0 Å². The maximum absolute atomic E-state index is 13.8. The number of aromatic nitrogens is 1. The summed E-state index contributed by atoms with van der Waals surface area (Å²) in [5.41, 5.74) is 1.79. The van der Waals surface area contributed by atoms with Crippen LogP contribution < -0.4 is 24.4 Å². The predicted octanol–water partition coefficient (Wildman–Crippen LogP) is 5.09. The number of hydrogen-bond acceptors (Lipinski definition) is 8. The molecule has 4 aromatic rings. The Morgan fingerprint density at radius 2 is 1.97 bits per heavy atom. The normalized spacial score (nSPS) is 16.3. The number of nitrogens with zero attached hydrogens (tertiary/aromatic N) is 2. The number of halogens is 2. The van der Waals surface area contributed by atoms with Gasteiger partial charge in [-0.15, -0.1) is 0 Å². The van der Waals surface area contributed by atoms with Crippen molar-refractivity contribution in [1.82, 2.24) is 4.57 Å². The highest BCUT2D eigenvalue weighted by Crippen LogP contribution is 2.38. The second-order valence-electron chi connectivity index (χ2n) is 8.74. The van der Waals surface area contributed by atoms with Gasteiger partial charge in [0.05, 0.1) is 33.5 Å². The van der Waals surface area contributed by atoms with E-state index in [1.54, 1.807) is 62.4 Å². The topological polar surface area (TPSA) is 92.3 Å². The number of allylic oxidation sites excluding steroid dienone is 1. The Morgan fingerprint density at radius 1 is 1.15 bits per heavy atom. The van der Waals surface area contributed by atoms with Crippen LogP contribution in [0.2, 0.25) is 10.0 Å². The molecule has 0 aliphatic carbocycles. The van der Waals surface area contributed by atoms with Crippen molar-refractivity contribution >= 4 is 46.6 Å². The number of fused-ring (bicyclic) bond motifs is 2. The summed E-state index contributed by atoms with van der Waals surface area (Å²) in [6, 6.07) is 13.2. The lowest BCUT2D eigenvalue weighted by molar-refractivity contribution is -0.139. The Labute approximate surface area is 236 Å². The number of hydrogen-bond donors (Lipinski definition) is 0. The molecule has 0 spiro atoms. The molecule has 198 valence electrons. The smallest absolute Gasteiger partial charge is 0.338 e. The maximum atomic E-state index is 13.8. The zero-order chi connectivity index (χ0) is 27.3. The molecule has 1 atom stereocenters. The van der Waals surface area contributed by atoms with Gasteiger partial charge in [-0.25, -0.2) is 9.79 Å². The van der Waals surface area contributed by atoms with Gasteiger partial charge in [-0.2, -0.15) is 0 Å². The number of carbonyl (C=O) groups is 1. The average Bonchev–Trinajstić information content (AvgIpc) is 3.63. The number of thiazole rings is 1. The monoisotopic (exact) mass is 582 g/mol. The number of carbonyl (C=O) groups excluding carboxylic acids is 1. The number of esters is 1. The molecule has 2 aromatic heterocycles. The van der Waals surface area contributed by atoms with Crippen molar-refractivity contribution in [2.75, 3.05) is 13.4 Å². The van der Waals surface area contributed by atoms with Gasteiger partial charge in [0.25, 0.3) is 5.56 Å². The fourth-order valence-electron chi connectivity index (χ4n) is 4.58. The third-order valence-electron chi connectivity index (χ3n) is 6.33. The molecular weight excluding hydrogens is 563 g/mol. The first-order chi connectivity index (χ1) is 18.8. The maximum Gasteiger partial charge on any atom is 0.338 e. The summed E-state index contributed by atoms with van der Waals surface area (Å²) in [5, 5.41) is 0.972. The molecule has 2 aliphatic heterocycles. The fourth-order valence-corrected chi connectivity index (χ4v) is 6.11. The highest BCUT2D eigenvalue weighted by molar-refractivity contribution is 7.07. The van der Waals surface area contributed by atoms with Crippen LogP contribution in [0.4, 0.5) is 0 Å². The lowest BCUT2D eigenvalue weighted by atomic mass is 9.95. The third-order valence-corrected chi connectivity index (χ3v) is 7.86. The van der Waals surface area contributed by atoms with E-state index in [0.29, 0.717) is 59.2 Å². The summed E-state index contributed by atoms with van der Waals surface area (Å²) >= 11 is 13.6. The summed E-state index contributed by atoms with van der Waals surface area (Å²) in [7, 11) is 0. The molecule has 39 heavy (non-hydrogen) atoms. The minimum atomic E-state index is -0.767. The summed E-state index contributed by atoms with van der Waals surface area (Å²) in [5.74, 6) is 1.60. The molecule has 0 amide bonds. The third kappa shape index (κ3) is 4.56. The zero-order valence-electron chi connectivity index (χ0n) is 20.7. The van der Waals surface area contributed by atoms with Crippen molar-refractivity contribution < 1.29 is 23.4 Å². The van der Waals surface area contributed by atoms with Crippen LogP contribution in [0.25, 0.3) is 17.4 Å². The van der Waals surface area contributed by atoms with E-state index in [2.05, 4.69) is 4.99 Å². The van der Waals surface area contributed by atoms with Gasteiger partial charge in [0, 0.05) is 16.7 Å². The molecule has 0 saturated carbocycles. The SMILES string of the molecule is CCOC(=O)C1=C(C)N=c2sc(=Cc3ccc(-c4ccc(Cl)cc4Cl)o3)c(=O)n2C1c1ccc2c(c1)OCO2. The minimum absolute atomic E-state index is 0.105. The highest BCUT2D eigenvalue weighted by atomic mass is 35.5. The van der Waals surface area contributed by atoms with Crippen LogP contribution in [0.5, 0.6) is 11.5 Å². The first kappa shape index (κ1) is 25.5. The molecular formula is C28H20Cl2N2O6S. The molecule has 0 bridgehead atoms. The van der Waals surface area contributed by atoms with Gasteiger partial charge in [-0.3, -0.25) is 9.36 Å². The lowest BCUT2D eigenvalue weighted by Crippen LogP contribution is -2.39. The molecule has 0 N–H and O–H groups in total. The lowest BCUT2D eigenvalue weighted by Gasteiger charge is -2.24. The van der Waals surface area contributed by atoms with Crippen molar-refractivity contribution in [3.63, 3.8) is 0 Å². The molecule has 4 heterocycles. The van der Waals surface area contributed by atoms with Gasteiger partial charge in [0.15, 0.2) is 16.3 Å². The summed E-state index contributed by atoms with van der Waals surface area (Å²) in [4.78, 5) is 31.9. The van der Waals surface area contributed by atoms with Gasteiger partial charge in [0.1, 0.15) is 11.5 Å². The Bertz CT molecular complexity index is 1850. The van der Waals surface area contributed by atoms with Crippen LogP contribution in [-0.4, -0.2) is 23.9 Å². The predicted molar refractivity (Wildman–Crippen MR) is 147 cm³/mol. The van der Waals surface area contributed by atoms with E-state index in [1.165, 1.54) is 15.9 Å². The van der Waals surface area contributed by atoms with Crippen molar-refractivity contribution in [1.29, 1.82) is 0 Å². The standard InChI is InChI=1S/C28H20Cl2N2O6S/c1-3-35-27(34)24-14(2)31-28-32(25(24)15-4-8-21-22(10-15)37-13-36-21)26(33)23(39-28)12-17-6-9-20(38-17)18-7-5-16(29)11-19(18)30/h4-12,25H,3,13H2,1-2H3. The summed E-state index contributed by atoms with van der Waals surface area (Å²) in [6.45, 7) is 3.76. The van der Waals surface area contributed by atoms with Gasteiger partial charge < -0.3 is 18.6 Å². The largest absolute Gasteiger partial charge is 0.463 e. The van der Waals surface area contributed by atoms with Gasteiger partial charge in [-0.1, -0.05) is 40.6 Å². The molecule has 8 nitrogen and oxygen atoms in total. The molecule has 0 radical (unpaired) electrons. The number of furan rings is 1. The number of rotatable bonds is 5. The Hall–Kier alpha value is -3.79. The van der Waals surface area contributed by atoms with Crippen LogP contribution in [-0.2, 0) is 9.53 Å². The highest BCUT2D eigenvalue weighted by Gasteiger charge is 2.34. The van der Waals surface area contributed by atoms with Crippen LogP contribution in [0, 0.1) is 0 Å². The molecule has 0 fully saturated rings. The first-order valence-corrected chi connectivity index (χ1v) is 13.6. The van der Waals surface area contributed by atoms with E-state index < -0.39 is 12.0 Å². The first-order valence-electron chi connectivity index (χ1n) is 12.0.